The van der Waals surface area contributed by atoms with Crippen molar-refractivity contribution in [1.29, 1.82) is 0 Å². The quantitative estimate of drug-likeness (QED) is 0.818. The second-order valence-electron chi connectivity index (χ2n) is 6.40. The summed E-state index contributed by atoms with van der Waals surface area (Å²) in [5, 5.41) is 0. The molecule has 1 heterocycles. The van der Waals surface area contributed by atoms with E-state index in [1.54, 1.807) is 7.11 Å². The molecular formula is C18H27NO. The van der Waals surface area contributed by atoms with Gasteiger partial charge in [-0.3, -0.25) is 4.90 Å². The van der Waals surface area contributed by atoms with Gasteiger partial charge in [-0.25, -0.2) is 0 Å². The van der Waals surface area contributed by atoms with E-state index in [2.05, 4.69) is 23.1 Å². The van der Waals surface area contributed by atoms with Gasteiger partial charge in [0.25, 0.3) is 0 Å². The van der Waals surface area contributed by atoms with Crippen molar-refractivity contribution in [2.24, 2.45) is 0 Å². The number of hydrogen-bond donors (Lipinski definition) is 0. The first-order valence-electron chi connectivity index (χ1n) is 8.25. The summed E-state index contributed by atoms with van der Waals surface area (Å²) in [5.41, 5.74) is 1.46. The van der Waals surface area contributed by atoms with E-state index in [1.807, 2.05) is 6.07 Å². The maximum atomic E-state index is 5.38. The van der Waals surface area contributed by atoms with Crippen LogP contribution >= 0.6 is 0 Å². The average Bonchev–Trinajstić information content (AvgIpc) is 2.56. The van der Waals surface area contributed by atoms with Crippen molar-refractivity contribution in [3.05, 3.63) is 29.8 Å². The highest BCUT2D eigenvalue weighted by Gasteiger charge is 2.27. The molecule has 0 unspecified atom stereocenters. The molecule has 1 aliphatic heterocycles. The third-order valence-corrected chi connectivity index (χ3v) is 5.11. The van der Waals surface area contributed by atoms with E-state index in [9.17, 15) is 0 Å². The fourth-order valence-corrected chi connectivity index (χ4v) is 3.95. The van der Waals surface area contributed by atoms with Gasteiger partial charge in [0.2, 0.25) is 0 Å². The fourth-order valence-electron chi connectivity index (χ4n) is 3.95. The first kappa shape index (κ1) is 13.9. The molecule has 110 valence electrons. The second-order valence-corrected chi connectivity index (χ2v) is 6.40. The van der Waals surface area contributed by atoms with Gasteiger partial charge in [0.1, 0.15) is 5.75 Å². The molecule has 1 saturated carbocycles. The first-order valence-corrected chi connectivity index (χ1v) is 8.25. The monoisotopic (exact) mass is 273 g/mol. The van der Waals surface area contributed by atoms with E-state index in [0.717, 1.165) is 11.8 Å². The molecule has 0 radical (unpaired) electrons. The van der Waals surface area contributed by atoms with Crippen LogP contribution in [0.15, 0.2) is 24.3 Å². The van der Waals surface area contributed by atoms with Gasteiger partial charge in [0.05, 0.1) is 7.11 Å². The van der Waals surface area contributed by atoms with Gasteiger partial charge in [-0.15, -0.1) is 0 Å². The molecule has 2 fully saturated rings. The number of methoxy groups -OCH3 is 1. The van der Waals surface area contributed by atoms with Gasteiger partial charge >= 0.3 is 0 Å². The van der Waals surface area contributed by atoms with Crippen molar-refractivity contribution >= 4 is 0 Å². The average molecular weight is 273 g/mol. The summed E-state index contributed by atoms with van der Waals surface area (Å²) in [7, 11) is 1.76. The SMILES string of the molecule is COc1cccc([C@@H]2CCCN(C3CCCCC3)C2)c1. The molecule has 0 N–H and O–H groups in total. The summed E-state index contributed by atoms with van der Waals surface area (Å²) >= 11 is 0. The Hall–Kier alpha value is -1.02. The maximum Gasteiger partial charge on any atom is 0.119 e. The van der Waals surface area contributed by atoms with Crippen LogP contribution in [0.25, 0.3) is 0 Å². The molecule has 0 aromatic heterocycles. The number of benzene rings is 1. The third-order valence-electron chi connectivity index (χ3n) is 5.11. The number of likely N-dealkylation sites (tertiary alicyclic amines) is 1. The Morgan fingerprint density at radius 1 is 1.05 bits per heavy atom. The molecule has 0 spiro atoms. The predicted octanol–water partition coefficient (Wildman–Crippen LogP) is 4.21. The molecule has 20 heavy (non-hydrogen) atoms. The minimum Gasteiger partial charge on any atom is -0.497 e. The van der Waals surface area contributed by atoms with Gasteiger partial charge in [-0.1, -0.05) is 31.4 Å². The van der Waals surface area contributed by atoms with E-state index in [-0.39, 0.29) is 0 Å². The highest BCUT2D eigenvalue weighted by molar-refractivity contribution is 5.31. The minimum atomic E-state index is 0.695. The maximum absolute atomic E-state index is 5.38. The Labute approximate surface area is 123 Å². The molecule has 1 aromatic carbocycles. The molecule has 1 aliphatic carbocycles. The lowest BCUT2D eigenvalue weighted by Crippen LogP contribution is -2.42. The van der Waals surface area contributed by atoms with E-state index < -0.39 is 0 Å². The van der Waals surface area contributed by atoms with E-state index in [1.165, 1.54) is 63.6 Å². The Bertz CT molecular complexity index is 425. The molecule has 0 amide bonds. The van der Waals surface area contributed by atoms with Crippen LogP contribution in [0.4, 0.5) is 0 Å². The summed E-state index contributed by atoms with van der Waals surface area (Å²) in [5.74, 6) is 1.69. The molecule has 2 heteroatoms. The van der Waals surface area contributed by atoms with E-state index in [4.69, 9.17) is 4.74 Å². The molecule has 2 nitrogen and oxygen atoms in total. The Morgan fingerprint density at radius 3 is 2.70 bits per heavy atom. The fraction of sp³-hybridized carbons (Fsp3) is 0.667. The van der Waals surface area contributed by atoms with Gasteiger partial charge in [-0.2, -0.15) is 0 Å². The summed E-state index contributed by atoms with van der Waals surface area (Å²) in [6.07, 6.45) is 9.84. The molecule has 3 rings (SSSR count). The van der Waals surface area contributed by atoms with Crippen LogP contribution in [-0.2, 0) is 0 Å². The lowest BCUT2D eigenvalue weighted by atomic mass is 9.87. The summed E-state index contributed by atoms with van der Waals surface area (Å²) in [6.45, 7) is 2.56. The van der Waals surface area contributed by atoms with Crippen molar-refractivity contribution in [2.45, 2.75) is 56.9 Å². The number of piperidine rings is 1. The largest absolute Gasteiger partial charge is 0.497 e. The van der Waals surface area contributed by atoms with Gasteiger partial charge in [0, 0.05) is 12.6 Å². The van der Waals surface area contributed by atoms with Gasteiger partial charge in [0.15, 0.2) is 0 Å². The Balaban J connectivity index is 1.67. The highest BCUT2D eigenvalue weighted by atomic mass is 16.5. The molecule has 2 aliphatic rings. The first-order chi connectivity index (χ1) is 9.86. The number of ether oxygens (including phenoxy) is 1. The van der Waals surface area contributed by atoms with Crippen LogP contribution in [0, 0.1) is 0 Å². The van der Waals surface area contributed by atoms with Gasteiger partial charge in [-0.05, 0) is 55.8 Å². The summed E-state index contributed by atoms with van der Waals surface area (Å²) in [4.78, 5) is 2.77. The van der Waals surface area contributed by atoms with Crippen molar-refractivity contribution in [3.63, 3.8) is 0 Å². The lowest BCUT2D eigenvalue weighted by molar-refractivity contribution is 0.118. The van der Waals surface area contributed by atoms with Crippen LogP contribution in [-0.4, -0.2) is 31.1 Å². The van der Waals surface area contributed by atoms with Crippen LogP contribution in [0.5, 0.6) is 5.75 Å². The van der Waals surface area contributed by atoms with Gasteiger partial charge < -0.3 is 4.74 Å². The smallest absolute Gasteiger partial charge is 0.119 e. The normalized spacial score (nSPS) is 25.6. The molecule has 1 aromatic rings. The zero-order valence-electron chi connectivity index (χ0n) is 12.7. The van der Waals surface area contributed by atoms with Crippen molar-refractivity contribution < 1.29 is 4.74 Å². The highest BCUT2D eigenvalue weighted by Crippen LogP contribution is 2.32. The van der Waals surface area contributed by atoms with Crippen LogP contribution in [0.1, 0.15) is 56.4 Å². The van der Waals surface area contributed by atoms with E-state index in [0.29, 0.717) is 5.92 Å². The van der Waals surface area contributed by atoms with E-state index >= 15 is 0 Å². The Kier molecular flexibility index (Phi) is 4.62. The van der Waals surface area contributed by atoms with Crippen LogP contribution in [0.3, 0.4) is 0 Å². The molecule has 0 bridgehead atoms. The summed E-state index contributed by atoms with van der Waals surface area (Å²) < 4.78 is 5.38. The van der Waals surface area contributed by atoms with Crippen LogP contribution < -0.4 is 4.74 Å². The zero-order valence-corrected chi connectivity index (χ0v) is 12.7. The zero-order chi connectivity index (χ0) is 13.8. The van der Waals surface area contributed by atoms with Crippen molar-refractivity contribution in [3.8, 4) is 5.75 Å². The molecule has 1 atom stereocenters. The number of nitrogens with zero attached hydrogens (tertiary/aromatic N) is 1. The van der Waals surface area contributed by atoms with Crippen molar-refractivity contribution in [1.82, 2.24) is 4.90 Å². The number of hydrogen-bond acceptors (Lipinski definition) is 2. The molecular weight excluding hydrogens is 246 g/mol. The number of rotatable bonds is 3. The Morgan fingerprint density at radius 2 is 1.90 bits per heavy atom. The third kappa shape index (κ3) is 3.17. The second kappa shape index (κ2) is 6.62. The standard InChI is InChI=1S/C18H27NO/c1-20-18-11-5-7-15(13-18)16-8-6-12-19(14-16)17-9-3-2-4-10-17/h5,7,11,13,16-17H,2-4,6,8-10,12,14H2,1H3/t16-/m1/s1. The topological polar surface area (TPSA) is 12.5 Å². The molecule has 1 saturated heterocycles. The lowest BCUT2D eigenvalue weighted by Gasteiger charge is -2.40. The predicted molar refractivity (Wildman–Crippen MR) is 83.4 cm³/mol. The van der Waals surface area contributed by atoms with Crippen LogP contribution in [0.2, 0.25) is 0 Å². The minimum absolute atomic E-state index is 0.695. The van der Waals surface area contributed by atoms with Crippen molar-refractivity contribution in [2.75, 3.05) is 20.2 Å². The summed E-state index contributed by atoms with van der Waals surface area (Å²) in [6, 6.07) is 9.54.